The molecule has 0 unspecified atom stereocenters. The summed E-state index contributed by atoms with van der Waals surface area (Å²) in [6, 6.07) is 6.70. The van der Waals surface area contributed by atoms with E-state index in [0.29, 0.717) is 5.69 Å². The van der Waals surface area contributed by atoms with Crippen LogP contribution in [0.1, 0.15) is 0 Å². The molecule has 0 spiro atoms. The Labute approximate surface area is 91.4 Å². The Morgan fingerprint density at radius 1 is 1.42 bits per heavy atom. The number of hydrogen-bond acceptors (Lipinski definition) is 5. The molecule has 0 aliphatic rings. The summed E-state index contributed by atoms with van der Waals surface area (Å²) in [7, 11) is 0. The van der Waals surface area contributed by atoms with E-state index in [0.717, 1.165) is 5.34 Å². The maximum Gasteiger partial charge on any atom is 1.00 e. The van der Waals surface area contributed by atoms with Crippen LogP contribution >= 0.6 is 0 Å². The van der Waals surface area contributed by atoms with Crippen LogP contribution in [0.15, 0.2) is 29.6 Å². The minimum absolute atomic E-state index is 0. The van der Waals surface area contributed by atoms with Crippen LogP contribution in [0.25, 0.3) is 0 Å². The predicted octanol–water partition coefficient (Wildman–Crippen LogP) is -1.77. The van der Waals surface area contributed by atoms with Crippen LogP contribution in [0, 0.1) is 10.1 Å². The average Bonchev–Trinajstić information content (AvgIpc) is 1.97. The van der Waals surface area contributed by atoms with E-state index < -0.39 is 0 Å². The van der Waals surface area contributed by atoms with Gasteiger partial charge in [-0.15, -0.1) is 5.34 Å². The number of phenols is 1. The third kappa shape index (κ3) is 5.96. The Morgan fingerprint density at radius 3 is 2.08 bits per heavy atom. The number of rotatable bonds is 0. The molecule has 0 aromatic heterocycles. The van der Waals surface area contributed by atoms with Crippen LogP contribution in [0.2, 0.25) is 0 Å². The van der Waals surface area contributed by atoms with Gasteiger partial charge in [0.05, 0.1) is 5.69 Å². The van der Waals surface area contributed by atoms with Crippen molar-refractivity contribution < 1.29 is 34.7 Å². The third-order valence-corrected chi connectivity index (χ3v) is 0.937. The van der Waals surface area contributed by atoms with Crippen molar-refractivity contribution in [1.82, 2.24) is 0 Å². The molecule has 0 aliphatic heterocycles. The molecule has 60 valence electrons. The number of nitrogens with two attached hydrogens (primary N) is 1. The van der Waals surface area contributed by atoms with Gasteiger partial charge < -0.3 is 21.0 Å². The van der Waals surface area contributed by atoms with Gasteiger partial charge in [0, 0.05) is 0 Å². The van der Waals surface area contributed by atoms with Gasteiger partial charge in [-0.3, -0.25) is 0 Å². The molecule has 1 rings (SSSR count). The number of nitrogen functional groups attached to an aromatic ring is 1. The maximum atomic E-state index is 8.79. The summed E-state index contributed by atoms with van der Waals surface area (Å²) in [5, 5.41) is 17.8. The standard InChI is InChI=1S/C6H7NO.HNO2.Na/c7-5-3-1-2-4-6(5)8;2-1-3;/h1-4,8H,7H2;(H,2,3);/q;;+1/p-1. The van der Waals surface area contributed by atoms with E-state index in [1.165, 1.54) is 0 Å². The molecule has 0 saturated carbocycles. The van der Waals surface area contributed by atoms with Crippen molar-refractivity contribution in [3.63, 3.8) is 0 Å². The minimum atomic E-state index is 0. The zero-order valence-corrected chi connectivity index (χ0v) is 8.60. The number of nitrogens with zero attached hydrogens (tertiary/aromatic N) is 1. The Kier molecular flexibility index (Phi) is 9.56. The molecular weight excluding hydrogens is 171 g/mol. The molecule has 0 fully saturated rings. The second kappa shape index (κ2) is 8.32. The van der Waals surface area contributed by atoms with Crippen molar-refractivity contribution in [2.24, 2.45) is 5.34 Å². The van der Waals surface area contributed by atoms with Gasteiger partial charge in [-0.2, -0.15) is 0 Å². The van der Waals surface area contributed by atoms with E-state index in [2.05, 4.69) is 0 Å². The molecule has 0 aliphatic carbocycles. The van der Waals surface area contributed by atoms with Crippen molar-refractivity contribution >= 4 is 5.69 Å². The molecule has 0 atom stereocenters. The molecule has 0 radical (unpaired) electrons. The Morgan fingerprint density at radius 2 is 1.83 bits per heavy atom. The summed E-state index contributed by atoms with van der Waals surface area (Å²) in [6.45, 7) is 0. The number of benzene rings is 1. The van der Waals surface area contributed by atoms with Crippen LogP contribution in [0.4, 0.5) is 5.69 Å². The van der Waals surface area contributed by atoms with E-state index in [9.17, 15) is 0 Å². The Balaban J connectivity index is 0. The van der Waals surface area contributed by atoms with E-state index in [4.69, 9.17) is 21.0 Å². The molecule has 0 heterocycles. The number of anilines is 1. The number of phenolic OH excluding ortho intramolecular Hbond substituents is 1. The first-order chi connectivity index (χ1) is 5.22. The van der Waals surface area contributed by atoms with Gasteiger partial charge in [0.25, 0.3) is 0 Å². The predicted molar refractivity (Wildman–Crippen MR) is 41.7 cm³/mol. The summed E-state index contributed by atoms with van der Waals surface area (Å²) >= 11 is 0. The summed E-state index contributed by atoms with van der Waals surface area (Å²) in [5.74, 6) is 0.146. The second-order valence-corrected chi connectivity index (χ2v) is 1.63. The number of hydrogen-bond donors (Lipinski definition) is 2. The normalized spacial score (nSPS) is 7.00. The first-order valence-electron chi connectivity index (χ1n) is 2.70. The molecule has 3 N–H and O–H groups in total. The summed E-state index contributed by atoms with van der Waals surface area (Å²) in [4.78, 5) is 8.00. The second-order valence-electron chi connectivity index (χ2n) is 1.63. The largest absolute Gasteiger partial charge is 1.00 e. The van der Waals surface area contributed by atoms with Gasteiger partial charge in [-0.05, 0) is 12.1 Å². The molecular formula is C6H7N2NaO3. The van der Waals surface area contributed by atoms with Crippen LogP contribution in [0.5, 0.6) is 5.75 Å². The molecule has 6 heteroatoms. The molecule has 0 saturated heterocycles. The van der Waals surface area contributed by atoms with Gasteiger partial charge in [0.2, 0.25) is 0 Å². The van der Waals surface area contributed by atoms with Crippen molar-refractivity contribution in [2.75, 3.05) is 5.73 Å². The van der Waals surface area contributed by atoms with E-state index in [-0.39, 0.29) is 35.3 Å². The Hall–Kier alpha value is -0.780. The van der Waals surface area contributed by atoms with Crippen LogP contribution in [0.3, 0.4) is 0 Å². The fraction of sp³-hybridized carbons (Fsp3) is 0. The zero-order chi connectivity index (χ0) is 8.69. The summed E-state index contributed by atoms with van der Waals surface area (Å²) in [6.07, 6.45) is 0. The first-order valence-corrected chi connectivity index (χ1v) is 2.70. The SMILES string of the molecule is Nc1ccccc1O.O=N[O-].[Na+]. The molecule has 1 aromatic rings. The van der Waals surface area contributed by atoms with Gasteiger partial charge in [0.15, 0.2) is 0 Å². The average molecular weight is 178 g/mol. The van der Waals surface area contributed by atoms with Crippen LogP contribution < -0.4 is 35.3 Å². The van der Waals surface area contributed by atoms with Crippen LogP contribution in [-0.4, -0.2) is 5.11 Å². The quantitative estimate of drug-likeness (QED) is 0.161. The van der Waals surface area contributed by atoms with Crippen molar-refractivity contribution in [2.45, 2.75) is 0 Å². The fourth-order valence-electron chi connectivity index (χ4n) is 0.488. The molecule has 12 heavy (non-hydrogen) atoms. The van der Waals surface area contributed by atoms with E-state index in [1.54, 1.807) is 24.3 Å². The van der Waals surface area contributed by atoms with Crippen molar-refractivity contribution in [3.05, 3.63) is 34.4 Å². The number of para-hydroxylation sites is 2. The van der Waals surface area contributed by atoms with E-state index >= 15 is 0 Å². The summed E-state index contributed by atoms with van der Waals surface area (Å²) in [5.41, 5.74) is 5.69. The van der Waals surface area contributed by atoms with Crippen molar-refractivity contribution in [3.8, 4) is 5.75 Å². The van der Waals surface area contributed by atoms with E-state index in [1.807, 2.05) is 0 Å². The molecule has 0 bridgehead atoms. The Bertz CT molecular complexity index is 211. The molecule has 0 amide bonds. The van der Waals surface area contributed by atoms with Gasteiger partial charge >= 0.3 is 29.6 Å². The van der Waals surface area contributed by atoms with Gasteiger partial charge in [0.1, 0.15) is 5.75 Å². The maximum absolute atomic E-state index is 8.79. The van der Waals surface area contributed by atoms with Gasteiger partial charge in [-0.1, -0.05) is 12.1 Å². The monoisotopic (exact) mass is 178 g/mol. The zero-order valence-electron chi connectivity index (χ0n) is 6.60. The van der Waals surface area contributed by atoms with Gasteiger partial charge in [-0.25, -0.2) is 0 Å². The first kappa shape index (κ1) is 13.8. The smallest absolute Gasteiger partial charge is 0.506 e. The van der Waals surface area contributed by atoms with Crippen LogP contribution in [-0.2, 0) is 0 Å². The van der Waals surface area contributed by atoms with Crippen molar-refractivity contribution in [1.29, 1.82) is 0 Å². The molecule has 1 aromatic carbocycles. The minimum Gasteiger partial charge on any atom is -0.506 e. The third-order valence-electron chi connectivity index (χ3n) is 0.937. The number of aromatic hydroxyl groups is 1. The molecule has 5 nitrogen and oxygen atoms in total. The topological polar surface area (TPSA) is 98.7 Å². The fourth-order valence-corrected chi connectivity index (χ4v) is 0.488. The summed E-state index contributed by atoms with van der Waals surface area (Å²) < 4.78 is 0.